The first-order valence-corrected chi connectivity index (χ1v) is 8.55. The molecule has 0 aromatic heterocycles. The Kier molecular flexibility index (Phi) is 7.62. The minimum Gasteiger partial charge on any atom is -0.497 e. The molecular weight excluding hydrogens is 369 g/mol. The van der Waals surface area contributed by atoms with Crippen LogP contribution in [0, 0.1) is 5.82 Å². The highest BCUT2D eigenvalue weighted by molar-refractivity contribution is 5.78. The molecule has 0 aliphatic heterocycles. The molecule has 0 radical (unpaired) electrons. The van der Waals surface area contributed by atoms with Crippen molar-refractivity contribution in [2.24, 2.45) is 0 Å². The number of ether oxygens (including phenoxy) is 3. The molecule has 2 rings (SSSR count). The number of rotatable bonds is 10. The minimum atomic E-state index is -1.29. The van der Waals surface area contributed by atoms with Crippen LogP contribution in [-0.2, 0) is 16.0 Å². The summed E-state index contributed by atoms with van der Waals surface area (Å²) in [5.41, 5.74) is 0.800. The van der Waals surface area contributed by atoms with E-state index >= 15 is 0 Å². The van der Waals surface area contributed by atoms with Crippen LogP contribution in [0.2, 0.25) is 0 Å². The number of hydrogen-bond donors (Lipinski definition) is 2. The molecular formula is C20H22FNO6. The number of aryl methyl sites for hydroxylation is 1. The van der Waals surface area contributed by atoms with Crippen molar-refractivity contribution in [3.8, 4) is 17.2 Å². The average molecular weight is 391 g/mol. The quantitative estimate of drug-likeness (QED) is 0.646. The van der Waals surface area contributed by atoms with Crippen LogP contribution in [0.5, 0.6) is 17.2 Å². The highest BCUT2D eigenvalue weighted by Crippen LogP contribution is 2.25. The minimum absolute atomic E-state index is 0.131. The van der Waals surface area contributed by atoms with Crippen molar-refractivity contribution < 1.29 is 33.3 Å². The smallest absolute Gasteiger partial charge is 0.346 e. The molecule has 0 spiro atoms. The molecule has 2 aromatic carbocycles. The van der Waals surface area contributed by atoms with Gasteiger partial charge < -0.3 is 24.6 Å². The molecule has 0 saturated heterocycles. The van der Waals surface area contributed by atoms with Crippen molar-refractivity contribution in [3.63, 3.8) is 0 Å². The molecule has 2 aromatic rings. The van der Waals surface area contributed by atoms with E-state index in [1.807, 2.05) is 0 Å². The second-order valence-corrected chi connectivity index (χ2v) is 5.88. The van der Waals surface area contributed by atoms with Crippen molar-refractivity contribution >= 4 is 11.9 Å². The lowest BCUT2D eigenvalue weighted by atomic mass is 10.1. The Labute approximate surface area is 162 Å². The van der Waals surface area contributed by atoms with Gasteiger partial charge in [-0.25, -0.2) is 9.18 Å². The first-order valence-electron chi connectivity index (χ1n) is 8.55. The Balaban J connectivity index is 1.89. The number of carbonyl (C=O) groups excluding carboxylic acids is 1. The molecule has 0 saturated carbocycles. The third-order valence-electron chi connectivity index (χ3n) is 3.96. The van der Waals surface area contributed by atoms with Gasteiger partial charge in [-0.15, -0.1) is 0 Å². The number of aliphatic carboxylic acids is 1. The third kappa shape index (κ3) is 6.15. The molecule has 150 valence electrons. The average Bonchev–Trinajstić information content (AvgIpc) is 2.70. The monoisotopic (exact) mass is 391 g/mol. The van der Waals surface area contributed by atoms with Gasteiger partial charge in [-0.3, -0.25) is 4.79 Å². The van der Waals surface area contributed by atoms with Gasteiger partial charge in [0.2, 0.25) is 12.0 Å². The first-order chi connectivity index (χ1) is 13.4. The number of benzene rings is 2. The summed E-state index contributed by atoms with van der Waals surface area (Å²) in [7, 11) is 3.08. The molecule has 0 aliphatic carbocycles. The van der Waals surface area contributed by atoms with E-state index in [0.717, 1.165) is 17.7 Å². The van der Waals surface area contributed by atoms with Gasteiger partial charge in [0.05, 0.1) is 20.8 Å². The number of halogens is 1. The molecule has 2 N–H and O–H groups in total. The van der Waals surface area contributed by atoms with Gasteiger partial charge in [-0.1, -0.05) is 0 Å². The number of amides is 1. The van der Waals surface area contributed by atoms with Gasteiger partial charge >= 0.3 is 5.97 Å². The summed E-state index contributed by atoms with van der Waals surface area (Å²) in [6, 6.07) is 10.3. The summed E-state index contributed by atoms with van der Waals surface area (Å²) in [5, 5.41) is 11.8. The zero-order valence-corrected chi connectivity index (χ0v) is 15.6. The van der Waals surface area contributed by atoms with E-state index in [1.165, 1.54) is 19.2 Å². The third-order valence-corrected chi connectivity index (χ3v) is 3.96. The van der Waals surface area contributed by atoms with Crippen LogP contribution in [0.4, 0.5) is 4.39 Å². The first kappa shape index (κ1) is 21.0. The fourth-order valence-electron chi connectivity index (χ4n) is 2.48. The predicted molar refractivity (Wildman–Crippen MR) is 99.3 cm³/mol. The number of methoxy groups -OCH3 is 2. The molecule has 1 atom stereocenters. The highest BCUT2D eigenvalue weighted by atomic mass is 19.1. The lowest BCUT2D eigenvalue weighted by Crippen LogP contribution is -2.40. The van der Waals surface area contributed by atoms with Crippen LogP contribution in [0.15, 0.2) is 42.5 Å². The molecule has 28 heavy (non-hydrogen) atoms. The normalized spacial score (nSPS) is 11.4. The summed E-state index contributed by atoms with van der Waals surface area (Å²) >= 11 is 0. The lowest BCUT2D eigenvalue weighted by Gasteiger charge is -2.16. The van der Waals surface area contributed by atoms with E-state index < -0.39 is 17.9 Å². The van der Waals surface area contributed by atoms with Gasteiger partial charge in [0.25, 0.3) is 0 Å². The number of carbonyl (C=O) groups is 2. The lowest BCUT2D eigenvalue weighted by molar-refractivity contribution is -0.145. The van der Waals surface area contributed by atoms with Crippen LogP contribution in [0.1, 0.15) is 12.0 Å². The Morgan fingerprint density at radius 3 is 2.36 bits per heavy atom. The maximum atomic E-state index is 12.9. The van der Waals surface area contributed by atoms with E-state index in [2.05, 4.69) is 5.32 Å². The Hall–Kier alpha value is -3.29. The predicted octanol–water partition coefficient (Wildman–Crippen LogP) is 2.42. The Morgan fingerprint density at radius 2 is 1.75 bits per heavy atom. The molecule has 1 amide bonds. The zero-order chi connectivity index (χ0) is 20.5. The van der Waals surface area contributed by atoms with Gasteiger partial charge in [-0.05, 0) is 54.4 Å². The van der Waals surface area contributed by atoms with Crippen LogP contribution in [-0.4, -0.2) is 43.9 Å². The van der Waals surface area contributed by atoms with Crippen molar-refractivity contribution in [1.29, 1.82) is 0 Å². The summed E-state index contributed by atoms with van der Waals surface area (Å²) < 4.78 is 28.6. The molecule has 7 nitrogen and oxygen atoms in total. The second kappa shape index (κ2) is 10.1. The summed E-state index contributed by atoms with van der Waals surface area (Å²) in [6.45, 7) is -0.221. The van der Waals surface area contributed by atoms with Crippen molar-refractivity contribution in [2.45, 2.75) is 18.9 Å². The standard InChI is InChI=1S/C20H22FNO6/c1-26-16-8-9-17(27-2)13(11-16)3-10-19(23)22-12-18(20(24)25)28-15-6-4-14(21)5-7-15/h4-9,11,18H,3,10,12H2,1-2H3,(H,22,23)(H,24,25). The number of hydrogen-bond acceptors (Lipinski definition) is 5. The van der Waals surface area contributed by atoms with Crippen molar-refractivity contribution in [3.05, 3.63) is 53.8 Å². The summed E-state index contributed by atoms with van der Waals surface area (Å²) in [6.07, 6.45) is -0.768. The largest absolute Gasteiger partial charge is 0.497 e. The van der Waals surface area contributed by atoms with E-state index in [0.29, 0.717) is 17.9 Å². The van der Waals surface area contributed by atoms with Crippen molar-refractivity contribution in [2.75, 3.05) is 20.8 Å². The van der Waals surface area contributed by atoms with Gasteiger partial charge in [0.1, 0.15) is 23.1 Å². The van der Waals surface area contributed by atoms with Crippen LogP contribution >= 0.6 is 0 Å². The molecule has 0 heterocycles. The maximum Gasteiger partial charge on any atom is 0.346 e. The summed E-state index contributed by atoms with van der Waals surface area (Å²) in [5.74, 6) is -0.547. The fraction of sp³-hybridized carbons (Fsp3) is 0.300. The van der Waals surface area contributed by atoms with E-state index in [9.17, 15) is 19.1 Å². The fourth-order valence-corrected chi connectivity index (χ4v) is 2.48. The second-order valence-electron chi connectivity index (χ2n) is 5.88. The molecule has 8 heteroatoms. The van der Waals surface area contributed by atoms with Gasteiger partial charge in [0.15, 0.2) is 0 Å². The van der Waals surface area contributed by atoms with E-state index in [1.54, 1.807) is 25.3 Å². The number of carboxylic acids is 1. The van der Waals surface area contributed by atoms with Gasteiger partial charge in [0, 0.05) is 6.42 Å². The van der Waals surface area contributed by atoms with Crippen molar-refractivity contribution in [1.82, 2.24) is 5.32 Å². The number of nitrogens with one attached hydrogen (secondary N) is 1. The molecule has 0 bridgehead atoms. The van der Waals surface area contributed by atoms with Crippen LogP contribution in [0.3, 0.4) is 0 Å². The Morgan fingerprint density at radius 1 is 1.07 bits per heavy atom. The molecule has 1 unspecified atom stereocenters. The zero-order valence-electron chi connectivity index (χ0n) is 15.6. The topological polar surface area (TPSA) is 94.1 Å². The van der Waals surface area contributed by atoms with Gasteiger partial charge in [-0.2, -0.15) is 0 Å². The van der Waals surface area contributed by atoms with E-state index in [-0.39, 0.29) is 24.6 Å². The maximum absolute atomic E-state index is 12.9. The summed E-state index contributed by atoms with van der Waals surface area (Å²) in [4.78, 5) is 23.4. The van der Waals surface area contributed by atoms with Crippen LogP contribution in [0.25, 0.3) is 0 Å². The highest BCUT2D eigenvalue weighted by Gasteiger charge is 2.20. The van der Waals surface area contributed by atoms with E-state index in [4.69, 9.17) is 14.2 Å². The van der Waals surface area contributed by atoms with Crippen LogP contribution < -0.4 is 19.5 Å². The molecule has 0 fully saturated rings. The number of carboxylic acid groups (broad SMARTS) is 1. The Bertz CT molecular complexity index is 809. The SMILES string of the molecule is COc1ccc(OC)c(CCC(=O)NCC(Oc2ccc(F)cc2)C(=O)O)c1. The molecule has 0 aliphatic rings.